The molecule has 0 amide bonds. The van der Waals surface area contributed by atoms with Crippen LogP contribution in [-0.2, 0) is 0 Å². The Hall–Kier alpha value is -2.69. The molecule has 3 rings (SSSR count). The topological polar surface area (TPSA) is 70.8 Å². The van der Waals surface area contributed by atoms with Crippen LogP contribution in [0, 0.1) is 5.92 Å². The molecule has 0 saturated heterocycles. The molecule has 0 aliphatic heterocycles. The summed E-state index contributed by atoms with van der Waals surface area (Å²) in [6.07, 6.45) is 1.82. The summed E-state index contributed by atoms with van der Waals surface area (Å²) in [7, 11) is 4.75. The molecule has 25 heavy (non-hydrogen) atoms. The molecule has 0 bridgehead atoms. The van der Waals surface area contributed by atoms with Gasteiger partial charge in [-0.15, -0.1) is 0 Å². The maximum atomic E-state index is 13.1. The van der Waals surface area contributed by atoms with Gasteiger partial charge in [-0.1, -0.05) is 6.07 Å². The number of ketones is 1. The van der Waals surface area contributed by atoms with Gasteiger partial charge in [0.1, 0.15) is 17.2 Å². The number of rotatable bonds is 6. The van der Waals surface area contributed by atoms with E-state index < -0.39 is 0 Å². The van der Waals surface area contributed by atoms with Crippen molar-refractivity contribution in [3.8, 4) is 17.2 Å². The van der Waals surface area contributed by atoms with E-state index in [1.54, 1.807) is 39.5 Å². The Kier molecular flexibility index (Phi) is 4.83. The Morgan fingerprint density at radius 2 is 1.68 bits per heavy atom. The highest BCUT2D eigenvalue weighted by Gasteiger charge is 2.39. The molecule has 2 aromatic rings. The molecule has 1 fully saturated rings. The van der Waals surface area contributed by atoms with Crippen LogP contribution in [0.3, 0.4) is 0 Å². The predicted molar refractivity (Wildman–Crippen MR) is 96.7 cm³/mol. The summed E-state index contributed by atoms with van der Waals surface area (Å²) in [6, 6.07) is 11.1. The average molecular weight is 341 g/mol. The normalized spacial score (nSPS) is 19.0. The van der Waals surface area contributed by atoms with E-state index in [9.17, 15) is 4.79 Å². The van der Waals surface area contributed by atoms with Gasteiger partial charge in [-0.25, -0.2) is 0 Å². The van der Waals surface area contributed by atoms with Crippen molar-refractivity contribution in [1.82, 2.24) is 0 Å². The summed E-state index contributed by atoms with van der Waals surface area (Å²) in [5.41, 5.74) is 8.25. The summed E-state index contributed by atoms with van der Waals surface area (Å²) in [6.45, 7) is 0. The summed E-state index contributed by atoms with van der Waals surface area (Å²) in [5, 5.41) is 0. The number of carbonyl (C=O) groups is 1. The lowest BCUT2D eigenvalue weighted by Crippen LogP contribution is -2.31. The third-order valence-electron chi connectivity index (χ3n) is 4.97. The van der Waals surface area contributed by atoms with Crippen LogP contribution >= 0.6 is 0 Å². The average Bonchev–Trinajstić information content (AvgIpc) is 2.60. The highest BCUT2D eigenvalue weighted by molar-refractivity contribution is 6.01. The molecular weight excluding hydrogens is 318 g/mol. The van der Waals surface area contributed by atoms with E-state index in [-0.39, 0.29) is 17.6 Å². The van der Waals surface area contributed by atoms with Crippen LogP contribution in [0.5, 0.6) is 17.2 Å². The number of ether oxygens (including phenoxy) is 3. The smallest absolute Gasteiger partial charge is 0.170 e. The largest absolute Gasteiger partial charge is 0.497 e. The van der Waals surface area contributed by atoms with Gasteiger partial charge in [0.05, 0.1) is 32.6 Å². The lowest BCUT2D eigenvalue weighted by molar-refractivity contribution is 0.0815. The summed E-state index contributed by atoms with van der Waals surface area (Å²) in [4.78, 5) is 13.1. The van der Waals surface area contributed by atoms with Gasteiger partial charge in [0.15, 0.2) is 5.78 Å². The van der Waals surface area contributed by atoms with Gasteiger partial charge in [0, 0.05) is 5.92 Å². The van der Waals surface area contributed by atoms with Crippen molar-refractivity contribution in [2.24, 2.45) is 5.92 Å². The molecule has 5 nitrogen and oxygen atoms in total. The molecule has 0 radical (unpaired) electrons. The van der Waals surface area contributed by atoms with Gasteiger partial charge in [-0.05, 0) is 54.7 Å². The molecule has 1 saturated carbocycles. The minimum Gasteiger partial charge on any atom is -0.497 e. The number of Topliss-reactive ketones (excluding diaryl/α,β-unsaturated/α-hetero) is 1. The molecule has 2 N–H and O–H groups in total. The third-order valence-corrected chi connectivity index (χ3v) is 4.97. The zero-order valence-electron chi connectivity index (χ0n) is 14.7. The summed E-state index contributed by atoms with van der Waals surface area (Å²) < 4.78 is 15.8. The Bertz CT molecular complexity index is 787. The van der Waals surface area contributed by atoms with Crippen molar-refractivity contribution < 1.29 is 19.0 Å². The number of methoxy groups -OCH3 is 3. The second-order valence-electron chi connectivity index (χ2n) is 6.22. The standard InChI is InChI=1S/C20H23NO4/c1-23-13-5-9-18(24-2)16(11-13)20(22)15-7-6-14(15)12-4-8-19(25-3)17(21)10-12/h4-5,8-11,14-15H,6-7,21H2,1-3H3. The van der Waals surface area contributed by atoms with Gasteiger partial charge in [0.25, 0.3) is 0 Å². The predicted octanol–water partition coefficient (Wildman–Crippen LogP) is 3.67. The molecule has 132 valence electrons. The minimum absolute atomic E-state index is 0.0752. The van der Waals surface area contributed by atoms with E-state index in [2.05, 4.69) is 0 Å². The molecule has 5 heteroatoms. The second-order valence-corrected chi connectivity index (χ2v) is 6.22. The number of hydrogen-bond donors (Lipinski definition) is 1. The highest BCUT2D eigenvalue weighted by Crippen LogP contribution is 2.46. The minimum atomic E-state index is -0.0752. The first-order valence-electron chi connectivity index (χ1n) is 8.28. The maximum Gasteiger partial charge on any atom is 0.170 e. The van der Waals surface area contributed by atoms with Crippen LogP contribution in [-0.4, -0.2) is 27.1 Å². The number of nitrogen functional groups attached to an aromatic ring is 1. The van der Waals surface area contributed by atoms with Crippen LogP contribution in [0.25, 0.3) is 0 Å². The number of anilines is 1. The van der Waals surface area contributed by atoms with E-state index in [1.807, 2.05) is 18.2 Å². The first kappa shape index (κ1) is 17.1. The number of benzene rings is 2. The number of nitrogens with two attached hydrogens (primary N) is 1. The van der Waals surface area contributed by atoms with E-state index >= 15 is 0 Å². The monoisotopic (exact) mass is 341 g/mol. The fourth-order valence-electron chi connectivity index (χ4n) is 3.40. The third kappa shape index (κ3) is 3.14. The van der Waals surface area contributed by atoms with E-state index in [0.29, 0.717) is 28.5 Å². The molecular formula is C20H23NO4. The Labute approximate surface area is 147 Å². The first-order valence-corrected chi connectivity index (χ1v) is 8.28. The van der Waals surface area contributed by atoms with Crippen LogP contribution < -0.4 is 19.9 Å². The zero-order valence-corrected chi connectivity index (χ0v) is 14.7. The summed E-state index contributed by atoms with van der Waals surface area (Å²) >= 11 is 0. The zero-order chi connectivity index (χ0) is 18.0. The molecule has 1 aliphatic carbocycles. The fraction of sp³-hybridized carbons (Fsp3) is 0.350. The van der Waals surface area contributed by atoms with Crippen molar-refractivity contribution in [3.05, 3.63) is 47.5 Å². The number of hydrogen-bond acceptors (Lipinski definition) is 5. The van der Waals surface area contributed by atoms with Gasteiger partial charge < -0.3 is 19.9 Å². The molecule has 2 unspecified atom stereocenters. The molecule has 1 aliphatic rings. The van der Waals surface area contributed by atoms with Crippen LogP contribution in [0.4, 0.5) is 5.69 Å². The maximum absolute atomic E-state index is 13.1. The van der Waals surface area contributed by atoms with Crippen molar-refractivity contribution in [2.75, 3.05) is 27.1 Å². The Morgan fingerprint density at radius 1 is 0.960 bits per heavy atom. The van der Waals surface area contributed by atoms with Crippen molar-refractivity contribution in [1.29, 1.82) is 0 Å². The van der Waals surface area contributed by atoms with Crippen LogP contribution in [0.2, 0.25) is 0 Å². The van der Waals surface area contributed by atoms with Gasteiger partial charge in [0.2, 0.25) is 0 Å². The SMILES string of the molecule is COc1ccc(OC)c(C(=O)C2CCC2c2ccc(OC)c(N)c2)c1. The molecule has 0 spiro atoms. The van der Waals surface area contributed by atoms with Crippen molar-refractivity contribution in [3.63, 3.8) is 0 Å². The van der Waals surface area contributed by atoms with E-state index in [4.69, 9.17) is 19.9 Å². The quantitative estimate of drug-likeness (QED) is 0.641. The Balaban J connectivity index is 1.87. The lowest BCUT2D eigenvalue weighted by Gasteiger charge is -2.36. The summed E-state index contributed by atoms with van der Waals surface area (Å²) in [5.74, 6) is 2.05. The van der Waals surface area contributed by atoms with Crippen LogP contribution in [0.15, 0.2) is 36.4 Å². The molecule has 2 aromatic carbocycles. The van der Waals surface area contributed by atoms with Crippen molar-refractivity contribution >= 4 is 11.5 Å². The van der Waals surface area contributed by atoms with E-state index in [1.165, 1.54) is 0 Å². The van der Waals surface area contributed by atoms with Crippen molar-refractivity contribution in [2.45, 2.75) is 18.8 Å². The molecule has 0 heterocycles. The second kappa shape index (κ2) is 7.05. The van der Waals surface area contributed by atoms with Crippen LogP contribution in [0.1, 0.15) is 34.7 Å². The molecule has 2 atom stereocenters. The highest BCUT2D eigenvalue weighted by atomic mass is 16.5. The van der Waals surface area contributed by atoms with Gasteiger partial charge in [-0.2, -0.15) is 0 Å². The Morgan fingerprint density at radius 3 is 2.24 bits per heavy atom. The van der Waals surface area contributed by atoms with Gasteiger partial charge >= 0.3 is 0 Å². The van der Waals surface area contributed by atoms with E-state index in [0.717, 1.165) is 18.4 Å². The fourth-order valence-corrected chi connectivity index (χ4v) is 3.40. The molecule has 0 aromatic heterocycles. The first-order chi connectivity index (χ1) is 12.1. The van der Waals surface area contributed by atoms with Gasteiger partial charge in [-0.3, -0.25) is 4.79 Å². The lowest BCUT2D eigenvalue weighted by atomic mass is 9.67. The number of carbonyl (C=O) groups excluding carboxylic acids is 1.